The maximum atomic E-state index is 11.9. The van der Waals surface area contributed by atoms with Gasteiger partial charge in [-0.15, -0.1) is 0 Å². The summed E-state index contributed by atoms with van der Waals surface area (Å²) in [4.78, 5) is 46.7. The van der Waals surface area contributed by atoms with Crippen LogP contribution in [0.2, 0.25) is 0 Å². The number of aliphatic carboxylic acids is 1. The summed E-state index contributed by atoms with van der Waals surface area (Å²) in [6.07, 6.45) is 0. The van der Waals surface area contributed by atoms with Crippen LogP contribution in [0.25, 0.3) is 0 Å². The summed E-state index contributed by atoms with van der Waals surface area (Å²) in [6.45, 7) is 1.38. The van der Waals surface area contributed by atoms with Crippen LogP contribution < -0.4 is 10.6 Å². The molecule has 8 nitrogen and oxygen atoms in total. The zero-order valence-electron chi connectivity index (χ0n) is 11.8. The monoisotopic (exact) mass is 305 g/mol. The number of nitrogens with zero attached hydrogens (tertiary/aromatic N) is 1. The van der Waals surface area contributed by atoms with Crippen LogP contribution in [0.3, 0.4) is 0 Å². The van der Waals surface area contributed by atoms with Gasteiger partial charge in [-0.3, -0.25) is 19.3 Å². The van der Waals surface area contributed by atoms with E-state index in [1.165, 1.54) is 19.1 Å². The molecule has 1 aromatic carbocycles. The fourth-order valence-corrected chi connectivity index (χ4v) is 1.95. The molecule has 116 valence electrons. The van der Waals surface area contributed by atoms with Crippen LogP contribution in [0, 0.1) is 0 Å². The summed E-state index contributed by atoms with van der Waals surface area (Å²) in [7, 11) is 0. The average Bonchev–Trinajstić information content (AvgIpc) is 2.79. The summed E-state index contributed by atoms with van der Waals surface area (Å²) >= 11 is 0. The Morgan fingerprint density at radius 2 is 2.14 bits per heavy atom. The zero-order valence-corrected chi connectivity index (χ0v) is 11.8. The van der Waals surface area contributed by atoms with Crippen molar-refractivity contribution in [2.75, 3.05) is 6.54 Å². The van der Waals surface area contributed by atoms with Crippen LogP contribution in [0.15, 0.2) is 24.3 Å². The highest BCUT2D eigenvalue weighted by Gasteiger charge is 2.28. The molecule has 0 spiro atoms. The highest BCUT2D eigenvalue weighted by Crippen LogP contribution is 2.11. The molecule has 1 aromatic rings. The molecule has 1 aliphatic heterocycles. The van der Waals surface area contributed by atoms with Gasteiger partial charge in [0.2, 0.25) is 5.91 Å². The Bertz CT molecular complexity index is 627. The average molecular weight is 305 g/mol. The Labute approximate surface area is 126 Å². The van der Waals surface area contributed by atoms with Gasteiger partial charge in [0.1, 0.15) is 6.04 Å². The van der Waals surface area contributed by atoms with Gasteiger partial charge in [-0.2, -0.15) is 0 Å². The number of benzene rings is 1. The molecule has 8 heteroatoms. The van der Waals surface area contributed by atoms with Gasteiger partial charge in [0.15, 0.2) is 0 Å². The van der Waals surface area contributed by atoms with E-state index in [9.17, 15) is 19.2 Å². The first kappa shape index (κ1) is 15.5. The molecule has 0 aromatic heterocycles. The van der Waals surface area contributed by atoms with Gasteiger partial charge >= 0.3 is 12.0 Å². The lowest BCUT2D eigenvalue weighted by molar-refractivity contribution is -0.138. The van der Waals surface area contributed by atoms with E-state index in [2.05, 4.69) is 10.6 Å². The van der Waals surface area contributed by atoms with Gasteiger partial charge in [0, 0.05) is 5.56 Å². The van der Waals surface area contributed by atoms with E-state index >= 15 is 0 Å². The van der Waals surface area contributed by atoms with Crippen LogP contribution in [-0.2, 0) is 16.1 Å². The summed E-state index contributed by atoms with van der Waals surface area (Å²) in [5.74, 6) is -2.00. The van der Waals surface area contributed by atoms with Gasteiger partial charge in [-0.1, -0.05) is 12.1 Å². The lowest BCUT2D eigenvalue weighted by atomic mass is 10.1. The largest absolute Gasteiger partial charge is 0.480 e. The Kier molecular flexibility index (Phi) is 4.40. The molecule has 1 atom stereocenters. The maximum Gasteiger partial charge on any atom is 0.325 e. The number of carboxylic acid groups (broad SMARTS) is 1. The van der Waals surface area contributed by atoms with E-state index in [0.29, 0.717) is 5.56 Å². The van der Waals surface area contributed by atoms with Crippen LogP contribution in [0.5, 0.6) is 0 Å². The highest BCUT2D eigenvalue weighted by atomic mass is 16.4. The lowest BCUT2D eigenvalue weighted by Gasteiger charge is -2.13. The van der Waals surface area contributed by atoms with Crippen molar-refractivity contribution in [2.45, 2.75) is 19.5 Å². The number of rotatable bonds is 5. The van der Waals surface area contributed by atoms with Crippen molar-refractivity contribution in [3.63, 3.8) is 0 Å². The summed E-state index contributed by atoms with van der Waals surface area (Å²) in [5.41, 5.74) is 0.860. The summed E-state index contributed by atoms with van der Waals surface area (Å²) in [6, 6.07) is 4.84. The van der Waals surface area contributed by atoms with Crippen LogP contribution in [-0.4, -0.2) is 46.4 Å². The third-order valence-electron chi connectivity index (χ3n) is 3.18. The molecule has 0 saturated carbocycles. The molecule has 2 rings (SSSR count). The van der Waals surface area contributed by atoms with E-state index < -0.39 is 23.9 Å². The number of carbonyl (C=O) groups excluding carboxylic acids is 3. The number of hydrogen-bond acceptors (Lipinski definition) is 4. The second-order valence-electron chi connectivity index (χ2n) is 4.87. The van der Waals surface area contributed by atoms with E-state index in [-0.39, 0.29) is 24.6 Å². The Morgan fingerprint density at radius 1 is 1.41 bits per heavy atom. The highest BCUT2D eigenvalue weighted by molar-refractivity contribution is 6.02. The molecule has 1 saturated heterocycles. The fraction of sp³-hybridized carbons (Fsp3) is 0.286. The standard InChI is InChI=1S/C14H15N3O5/c1-8(13(20)21)16-12(19)10-4-2-3-9(5-10)7-17-11(18)6-15-14(17)22/h2-5,8H,6-7H2,1H3,(H,15,22)(H,16,19)(H,20,21)/t8-/m0/s1. The first-order valence-electron chi connectivity index (χ1n) is 6.59. The quantitative estimate of drug-likeness (QED) is 0.659. The van der Waals surface area contributed by atoms with E-state index in [4.69, 9.17) is 5.11 Å². The molecule has 4 amide bonds. The molecular weight excluding hydrogens is 290 g/mol. The molecule has 0 aliphatic carbocycles. The van der Waals surface area contributed by atoms with Gasteiger partial charge in [0.25, 0.3) is 5.91 Å². The van der Waals surface area contributed by atoms with Crippen molar-refractivity contribution >= 4 is 23.8 Å². The Morgan fingerprint density at radius 3 is 2.73 bits per heavy atom. The smallest absolute Gasteiger partial charge is 0.325 e. The van der Waals surface area contributed by atoms with Crippen LogP contribution in [0.4, 0.5) is 4.79 Å². The lowest BCUT2D eigenvalue weighted by Crippen LogP contribution is -2.38. The predicted octanol–water partition coefficient (Wildman–Crippen LogP) is -0.0587. The van der Waals surface area contributed by atoms with Gasteiger partial charge in [-0.25, -0.2) is 4.79 Å². The number of imide groups is 1. The van der Waals surface area contributed by atoms with Crippen LogP contribution in [0.1, 0.15) is 22.8 Å². The number of carbonyl (C=O) groups is 4. The molecule has 0 radical (unpaired) electrons. The molecule has 1 heterocycles. The summed E-state index contributed by atoms with van der Waals surface area (Å²) < 4.78 is 0. The third-order valence-corrected chi connectivity index (χ3v) is 3.18. The number of carboxylic acids is 1. The molecule has 1 fully saturated rings. The molecule has 3 N–H and O–H groups in total. The first-order chi connectivity index (χ1) is 10.4. The van der Waals surface area contributed by atoms with Gasteiger partial charge in [-0.05, 0) is 24.6 Å². The minimum atomic E-state index is -1.14. The minimum Gasteiger partial charge on any atom is -0.480 e. The SMILES string of the molecule is C[C@H](NC(=O)c1cccc(CN2C(=O)CNC2=O)c1)C(=O)O. The fourth-order valence-electron chi connectivity index (χ4n) is 1.95. The maximum absolute atomic E-state index is 11.9. The summed E-state index contributed by atoms with van der Waals surface area (Å²) in [5, 5.41) is 13.5. The molecule has 1 aliphatic rings. The van der Waals surface area contributed by atoms with Gasteiger partial charge < -0.3 is 15.7 Å². The predicted molar refractivity (Wildman–Crippen MR) is 75.0 cm³/mol. The van der Waals surface area contributed by atoms with Crippen molar-refractivity contribution in [1.29, 1.82) is 0 Å². The number of nitrogens with one attached hydrogen (secondary N) is 2. The normalized spacial score (nSPS) is 15.4. The second-order valence-corrected chi connectivity index (χ2v) is 4.87. The van der Waals surface area contributed by atoms with Crippen molar-refractivity contribution in [3.05, 3.63) is 35.4 Å². The number of amides is 4. The van der Waals surface area contributed by atoms with E-state index in [0.717, 1.165) is 4.90 Å². The Balaban J connectivity index is 2.09. The molecule has 22 heavy (non-hydrogen) atoms. The number of urea groups is 1. The first-order valence-corrected chi connectivity index (χ1v) is 6.59. The van der Waals surface area contributed by atoms with Gasteiger partial charge in [0.05, 0.1) is 13.1 Å². The molecule has 0 unspecified atom stereocenters. The van der Waals surface area contributed by atoms with Crippen molar-refractivity contribution < 1.29 is 24.3 Å². The van der Waals surface area contributed by atoms with E-state index in [1.807, 2.05) is 0 Å². The van der Waals surface area contributed by atoms with Crippen LogP contribution >= 0.6 is 0 Å². The van der Waals surface area contributed by atoms with Crippen molar-refractivity contribution in [1.82, 2.24) is 15.5 Å². The molecule has 0 bridgehead atoms. The van der Waals surface area contributed by atoms with E-state index in [1.54, 1.807) is 12.1 Å². The zero-order chi connectivity index (χ0) is 16.3. The van der Waals surface area contributed by atoms with Crippen molar-refractivity contribution in [3.8, 4) is 0 Å². The second kappa shape index (κ2) is 6.25. The molecular formula is C14H15N3O5. The van der Waals surface area contributed by atoms with Crippen molar-refractivity contribution in [2.24, 2.45) is 0 Å². The Hall–Kier alpha value is -2.90. The number of hydrogen-bond donors (Lipinski definition) is 3. The third kappa shape index (κ3) is 3.40. The minimum absolute atomic E-state index is 0.0326. The topological polar surface area (TPSA) is 116 Å².